The zero-order valence-electron chi connectivity index (χ0n) is 14.7. The molecule has 0 aliphatic heterocycles. The Hall–Kier alpha value is -2.92. The van der Waals surface area contributed by atoms with Gasteiger partial charge >= 0.3 is 0 Å². The van der Waals surface area contributed by atoms with Crippen molar-refractivity contribution >= 4 is 29.2 Å². The normalized spacial score (nSPS) is 11.2. The van der Waals surface area contributed by atoms with Crippen molar-refractivity contribution in [2.24, 2.45) is 4.99 Å². The first-order valence-corrected chi connectivity index (χ1v) is 8.48. The van der Waals surface area contributed by atoms with E-state index in [9.17, 15) is 10.1 Å². The van der Waals surface area contributed by atoms with E-state index in [2.05, 4.69) is 9.56 Å². The lowest BCUT2D eigenvalue weighted by Gasteiger charge is -2.09. The number of nitro benzene ring substituents is 1. The third kappa shape index (κ3) is 3.53. The van der Waals surface area contributed by atoms with Crippen molar-refractivity contribution in [2.45, 2.75) is 20.8 Å². The Balaban J connectivity index is 1.97. The highest BCUT2D eigenvalue weighted by Gasteiger charge is 2.12. The van der Waals surface area contributed by atoms with Gasteiger partial charge in [-0.05, 0) is 51.1 Å². The van der Waals surface area contributed by atoms with Crippen molar-refractivity contribution in [3.63, 3.8) is 0 Å². The predicted octanol–water partition coefficient (Wildman–Crippen LogP) is 5.71. The second-order valence-electron chi connectivity index (χ2n) is 6.13. The SMILES string of the molecule is Cc1ccc(N=Cc2cc(C)n(-c3cccc(Cl)c3)c2C)cc1[N+](=O)[O-]. The van der Waals surface area contributed by atoms with Crippen LogP contribution in [0.25, 0.3) is 5.69 Å². The van der Waals surface area contributed by atoms with Crippen LogP contribution in [0.3, 0.4) is 0 Å². The largest absolute Gasteiger partial charge is 0.318 e. The van der Waals surface area contributed by atoms with Gasteiger partial charge < -0.3 is 4.57 Å². The topological polar surface area (TPSA) is 60.4 Å². The standard InChI is InChI=1S/C20H18ClN3O2/c1-13-7-8-18(11-20(13)24(25)26)22-12-16-9-14(2)23(15(16)3)19-6-4-5-17(21)10-19/h4-12H,1-3H3. The Bertz CT molecular complexity index is 1020. The van der Waals surface area contributed by atoms with E-state index in [1.807, 2.05) is 44.2 Å². The minimum absolute atomic E-state index is 0.0732. The minimum atomic E-state index is -0.390. The van der Waals surface area contributed by atoms with E-state index in [1.165, 1.54) is 6.07 Å². The van der Waals surface area contributed by atoms with E-state index in [0.29, 0.717) is 16.3 Å². The summed E-state index contributed by atoms with van der Waals surface area (Å²) >= 11 is 6.11. The van der Waals surface area contributed by atoms with E-state index < -0.39 is 0 Å². The highest BCUT2D eigenvalue weighted by molar-refractivity contribution is 6.30. The summed E-state index contributed by atoms with van der Waals surface area (Å²) in [4.78, 5) is 15.1. The van der Waals surface area contributed by atoms with Crippen molar-refractivity contribution in [1.82, 2.24) is 4.57 Å². The number of hydrogen-bond acceptors (Lipinski definition) is 3. The molecule has 0 unspecified atom stereocenters. The lowest BCUT2D eigenvalue weighted by molar-refractivity contribution is -0.385. The van der Waals surface area contributed by atoms with Crippen molar-refractivity contribution in [2.75, 3.05) is 0 Å². The maximum absolute atomic E-state index is 11.1. The summed E-state index contributed by atoms with van der Waals surface area (Å²) in [5.74, 6) is 0. The van der Waals surface area contributed by atoms with E-state index in [0.717, 1.165) is 22.6 Å². The Morgan fingerprint density at radius 2 is 1.88 bits per heavy atom. The first-order chi connectivity index (χ1) is 12.4. The van der Waals surface area contributed by atoms with Gasteiger partial charge in [-0.15, -0.1) is 0 Å². The smallest absolute Gasteiger partial charge is 0.274 e. The van der Waals surface area contributed by atoms with Crippen LogP contribution >= 0.6 is 11.6 Å². The molecule has 2 aromatic carbocycles. The highest BCUT2D eigenvalue weighted by atomic mass is 35.5. The molecule has 6 heteroatoms. The molecule has 0 spiro atoms. The summed E-state index contributed by atoms with van der Waals surface area (Å²) in [6.07, 6.45) is 1.73. The van der Waals surface area contributed by atoms with Gasteiger partial charge in [0.05, 0.1) is 10.6 Å². The van der Waals surface area contributed by atoms with Gasteiger partial charge in [-0.3, -0.25) is 15.1 Å². The van der Waals surface area contributed by atoms with Gasteiger partial charge in [0, 0.05) is 45.5 Å². The molecule has 1 heterocycles. The average Bonchev–Trinajstić information content (AvgIpc) is 2.87. The molecular formula is C20H18ClN3O2. The number of rotatable bonds is 4. The van der Waals surface area contributed by atoms with Crippen molar-refractivity contribution < 1.29 is 4.92 Å². The third-order valence-corrected chi connectivity index (χ3v) is 4.51. The average molecular weight is 368 g/mol. The highest BCUT2D eigenvalue weighted by Crippen LogP contribution is 2.25. The van der Waals surface area contributed by atoms with Crippen LogP contribution in [0.2, 0.25) is 5.02 Å². The zero-order chi connectivity index (χ0) is 18.8. The third-order valence-electron chi connectivity index (χ3n) is 4.28. The molecule has 0 saturated heterocycles. The molecule has 0 aliphatic carbocycles. The molecule has 0 atom stereocenters. The number of aromatic nitrogens is 1. The first-order valence-electron chi connectivity index (χ1n) is 8.11. The number of nitro groups is 1. The number of halogens is 1. The van der Waals surface area contributed by atoms with Crippen LogP contribution in [-0.4, -0.2) is 15.7 Å². The Kier molecular flexibility index (Phi) is 4.91. The molecule has 0 bridgehead atoms. The first kappa shape index (κ1) is 17.9. The summed E-state index contributed by atoms with van der Waals surface area (Å²) in [5, 5.41) is 11.8. The number of benzene rings is 2. The molecular weight excluding hydrogens is 350 g/mol. The van der Waals surface area contributed by atoms with Crippen LogP contribution in [0.1, 0.15) is 22.5 Å². The number of aryl methyl sites for hydroxylation is 2. The zero-order valence-corrected chi connectivity index (χ0v) is 15.5. The van der Waals surface area contributed by atoms with Gasteiger partial charge in [0.1, 0.15) is 0 Å². The molecule has 0 radical (unpaired) electrons. The quantitative estimate of drug-likeness (QED) is 0.336. The van der Waals surface area contributed by atoms with Gasteiger partial charge in [-0.2, -0.15) is 0 Å². The second-order valence-corrected chi connectivity index (χ2v) is 6.56. The number of aliphatic imine (C=N–C) groups is 1. The number of hydrogen-bond donors (Lipinski definition) is 0. The van der Waals surface area contributed by atoms with Crippen molar-refractivity contribution in [1.29, 1.82) is 0 Å². The van der Waals surface area contributed by atoms with Gasteiger partial charge in [-0.1, -0.05) is 23.7 Å². The summed E-state index contributed by atoms with van der Waals surface area (Å²) < 4.78 is 2.10. The van der Waals surface area contributed by atoms with Crippen LogP contribution < -0.4 is 0 Å². The van der Waals surface area contributed by atoms with E-state index in [-0.39, 0.29) is 10.6 Å². The molecule has 0 N–H and O–H groups in total. The molecule has 1 aromatic heterocycles. The number of nitrogens with zero attached hydrogens (tertiary/aromatic N) is 3. The fourth-order valence-corrected chi connectivity index (χ4v) is 3.13. The van der Waals surface area contributed by atoms with E-state index >= 15 is 0 Å². The molecule has 3 rings (SSSR count). The summed E-state index contributed by atoms with van der Waals surface area (Å²) in [5.41, 5.74) is 5.26. The van der Waals surface area contributed by atoms with E-state index in [4.69, 9.17) is 11.6 Å². The molecule has 0 saturated carbocycles. The van der Waals surface area contributed by atoms with Gasteiger partial charge in [0.25, 0.3) is 5.69 Å². The lowest BCUT2D eigenvalue weighted by Crippen LogP contribution is -1.99. The molecule has 5 nitrogen and oxygen atoms in total. The predicted molar refractivity (Wildman–Crippen MR) is 105 cm³/mol. The van der Waals surface area contributed by atoms with Crippen LogP contribution in [0.5, 0.6) is 0 Å². The van der Waals surface area contributed by atoms with Crippen molar-refractivity contribution in [3.05, 3.63) is 86.2 Å². The monoisotopic (exact) mass is 367 g/mol. The molecule has 0 amide bonds. The Morgan fingerprint density at radius 3 is 2.58 bits per heavy atom. The summed E-state index contributed by atoms with van der Waals surface area (Å²) in [6, 6.07) is 14.7. The van der Waals surface area contributed by atoms with Crippen molar-refractivity contribution in [3.8, 4) is 5.69 Å². The van der Waals surface area contributed by atoms with Crippen LogP contribution in [0, 0.1) is 30.9 Å². The molecule has 3 aromatic rings. The lowest BCUT2D eigenvalue weighted by atomic mass is 10.2. The fourth-order valence-electron chi connectivity index (χ4n) is 2.95. The molecule has 0 fully saturated rings. The second kappa shape index (κ2) is 7.14. The van der Waals surface area contributed by atoms with E-state index in [1.54, 1.807) is 25.3 Å². The Morgan fingerprint density at radius 1 is 1.12 bits per heavy atom. The Labute approximate surface area is 156 Å². The maximum atomic E-state index is 11.1. The summed E-state index contributed by atoms with van der Waals surface area (Å²) in [6.45, 7) is 5.74. The summed E-state index contributed by atoms with van der Waals surface area (Å²) in [7, 11) is 0. The molecule has 132 valence electrons. The minimum Gasteiger partial charge on any atom is -0.318 e. The maximum Gasteiger partial charge on any atom is 0.274 e. The molecule has 26 heavy (non-hydrogen) atoms. The fraction of sp³-hybridized carbons (Fsp3) is 0.150. The van der Waals surface area contributed by atoms with Gasteiger partial charge in [0.2, 0.25) is 0 Å². The van der Waals surface area contributed by atoms with Crippen LogP contribution in [0.4, 0.5) is 11.4 Å². The van der Waals surface area contributed by atoms with Crippen LogP contribution in [0.15, 0.2) is 53.5 Å². The molecule has 0 aliphatic rings. The van der Waals surface area contributed by atoms with Gasteiger partial charge in [-0.25, -0.2) is 0 Å². The van der Waals surface area contributed by atoms with Crippen LogP contribution in [-0.2, 0) is 0 Å². The van der Waals surface area contributed by atoms with Gasteiger partial charge in [0.15, 0.2) is 0 Å².